The molecule has 4 rings (SSSR count). The number of halogens is 1. The summed E-state index contributed by atoms with van der Waals surface area (Å²) in [4.78, 5) is 42.6. The van der Waals surface area contributed by atoms with Crippen LogP contribution in [-0.4, -0.2) is 58.1 Å². The van der Waals surface area contributed by atoms with Crippen LogP contribution >= 0.6 is 11.6 Å². The highest BCUT2D eigenvalue weighted by atomic mass is 35.5. The third-order valence-electron chi connectivity index (χ3n) is 5.54. The molecule has 0 atom stereocenters. The van der Waals surface area contributed by atoms with Gasteiger partial charge in [-0.05, 0) is 36.9 Å². The van der Waals surface area contributed by atoms with E-state index in [-0.39, 0.29) is 19.0 Å². The molecule has 0 radical (unpaired) electrons. The second kappa shape index (κ2) is 8.45. The lowest BCUT2D eigenvalue weighted by Crippen LogP contribution is -2.50. The quantitative estimate of drug-likeness (QED) is 0.595. The Morgan fingerprint density at radius 2 is 1.43 bits per heavy atom. The Morgan fingerprint density at radius 3 is 2.07 bits per heavy atom. The number of hydrogen-bond donors (Lipinski definition) is 0. The first-order chi connectivity index (χ1) is 14.4. The van der Waals surface area contributed by atoms with Gasteiger partial charge in [0.1, 0.15) is 6.54 Å². The second-order valence-corrected chi connectivity index (χ2v) is 8.02. The first-order valence-corrected chi connectivity index (χ1v) is 10.2. The molecule has 1 aromatic heterocycles. The van der Waals surface area contributed by atoms with E-state index in [2.05, 4.69) is 4.90 Å². The van der Waals surface area contributed by atoms with Crippen LogP contribution in [0.1, 0.15) is 5.56 Å². The smallest absolute Gasteiger partial charge is 0.317 e. The monoisotopic (exact) mass is 426 g/mol. The molecule has 0 N–H and O–H groups in total. The van der Waals surface area contributed by atoms with E-state index in [4.69, 9.17) is 11.6 Å². The summed E-state index contributed by atoms with van der Waals surface area (Å²) in [6.45, 7) is 2.94. The first-order valence-electron chi connectivity index (χ1n) is 9.87. The van der Waals surface area contributed by atoms with Crippen molar-refractivity contribution in [1.29, 1.82) is 0 Å². The lowest BCUT2D eigenvalue weighted by molar-refractivity contribution is -0.133. The van der Waals surface area contributed by atoms with Crippen molar-refractivity contribution in [2.75, 3.05) is 33.2 Å². The number of carbonyl (C=O) groups excluding carboxylic acids is 1. The number of para-hydroxylation sites is 2. The highest BCUT2D eigenvalue weighted by Crippen LogP contribution is 2.15. The Hall–Kier alpha value is -2.90. The van der Waals surface area contributed by atoms with Crippen molar-refractivity contribution in [3.05, 3.63) is 79.8 Å². The summed E-state index contributed by atoms with van der Waals surface area (Å²) in [6.07, 6.45) is 0. The van der Waals surface area contributed by atoms with Crippen molar-refractivity contribution in [2.24, 2.45) is 0 Å². The van der Waals surface area contributed by atoms with Crippen LogP contribution < -0.4 is 11.1 Å². The summed E-state index contributed by atoms with van der Waals surface area (Å²) >= 11 is 5.95. The van der Waals surface area contributed by atoms with E-state index in [1.54, 1.807) is 35.2 Å². The fraction of sp³-hybridized carbons (Fsp3) is 0.318. The average Bonchev–Trinajstić information content (AvgIpc) is 2.76. The van der Waals surface area contributed by atoms with Crippen LogP contribution in [0.4, 0.5) is 0 Å². The van der Waals surface area contributed by atoms with Crippen LogP contribution in [0, 0.1) is 0 Å². The summed E-state index contributed by atoms with van der Waals surface area (Å²) in [5, 5.41) is 0.605. The number of piperazine rings is 1. The number of amides is 1. The Bertz CT molecular complexity index is 1190. The minimum Gasteiger partial charge on any atom is -0.339 e. The molecule has 30 heavy (non-hydrogen) atoms. The van der Waals surface area contributed by atoms with Gasteiger partial charge < -0.3 is 9.80 Å². The van der Waals surface area contributed by atoms with Gasteiger partial charge in [0.05, 0.1) is 17.6 Å². The highest BCUT2D eigenvalue weighted by Gasteiger charge is 2.21. The van der Waals surface area contributed by atoms with Gasteiger partial charge in [-0.2, -0.15) is 0 Å². The normalized spacial score (nSPS) is 14.9. The van der Waals surface area contributed by atoms with E-state index in [1.165, 1.54) is 9.13 Å². The minimum atomic E-state index is -0.690. The fourth-order valence-corrected chi connectivity index (χ4v) is 3.87. The largest absolute Gasteiger partial charge is 0.339 e. The number of aromatic nitrogens is 2. The molecule has 1 aliphatic heterocycles. The van der Waals surface area contributed by atoms with Gasteiger partial charge in [0.15, 0.2) is 0 Å². The van der Waals surface area contributed by atoms with Crippen molar-refractivity contribution in [2.45, 2.75) is 13.1 Å². The number of nitrogens with zero attached hydrogens (tertiary/aromatic N) is 4. The van der Waals surface area contributed by atoms with Gasteiger partial charge in [-0.1, -0.05) is 35.9 Å². The van der Waals surface area contributed by atoms with E-state index < -0.39 is 11.1 Å². The molecular weight excluding hydrogens is 404 g/mol. The van der Waals surface area contributed by atoms with Gasteiger partial charge >= 0.3 is 11.1 Å². The molecule has 156 valence electrons. The SMILES string of the molecule is CN1CCN(C(=O)Cn2c(=O)c(=O)n(Cc3ccc(Cl)cc3)c3ccccc32)CC1. The molecule has 0 bridgehead atoms. The van der Waals surface area contributed by atoms with Gasteiger partial charge in [0, 0.05) is 31.2 Å². The molecular formula is C22H23ClN4O3. The van der Waals surface area contributed by atoms with E-state index in [0.29, 0.717) is 29.1 Å². The number of benzene rings is 2. The number of likely N-dealkylation sites (N-methyl/N-ethyl adjacent to an activating group) is 1. The van der Waals surface area contributed by atoms with E-state index in [0.717, 1.165) is 18.7 Å². The van der Waals surface area contributed by atoms with Crippen LogP contribution in [0.25, 0.3) is 11.0 Å². The van der Waals surface area contributed by atoms with E-state index in [9.17, 15) is 14.4 Å². The molecule has 0 saturated carbocycles. The summed E-state index contributed by atoms with van der Waals surface area (Å²) in [6, 6.07) is 14.3. The lowest BCUT2D eigenvalue weighted by Gasteiger charge is -2.32. The van der Waals surface area contributed by atoms with E-state index in [1.807, 2.05) is 25.2 Å². The maximum absolute atomic E-state index is 12.9. The number of carbonyl (C=O) groups is 1. The van der Waals surface area contributed by atoms with Crippen molar-refractivity contribution in [3.63, 3.8) is 0 Å². The van der Waals surface area contributed by atoms with Crippen LogP contribution in [0.2, 0.25) is 5.02 Å². The molecule has 7 nitrogen and oxygen atoms in total. The minimum absolute atomic E-state index is 0.139. The predicted molar refractivity (Wildman–Crippen MR) is 117 cm³/mol. The number of rotatable bonds is 4. The Labute approximate surface area is 178 Å². The van der Waals surface area contributed by atoms with Gasteiger partial charge in [-0.25, -0.2) is 0 Å². The molecule has 1 aliphatic rings. The first kappa shape index (κ1) is 20.4. The van der Waals surface area contributed by atoms with Crippen molar-refractivity contribution < 1.29 is 4.79 Å². The third-order valence-corrected chi connectivity index (χ3v) is 5.79. The average molecular weight is 427 g/mol. The number of hydrogen-bond acceptors (Lipinski definition) is 4. The van der Waals surface area contributed by atoms with Gasteiger partial charge in [-0.3, -0.25) is 23.5 Å². The van der Waals surface area contributed by atoms with Crippen LogP contribution in [0.15, 0.2) is 58.1 Å². The van der Waals surface area contributed by atoms with Gasteiger partial charge in [0.2, 0.25) is 5.91 Å². The number of fused-ring (bicyclic) bond motifs is 1. The van der Waals surface area contributed by atoms with Gasteiger partial charge in [0.25, 0.3) is 0 Å². The zero-order chi connectivity index (χ0) is 21.3. The fourth-order valence-electron chi connectivity index (χ4n) is 3.75. The Morgan fingerprint density at radius 1 is 0.867 bits per heavy atom. The summed E-state index contributed by atoms with van der Waals surface area (Å²) in [5.74, 6) is -0.148. The third kappa shape index (κ3) is 4.04. The zero-order valence-corrected chi connectivity index (χ0v) is 17.5. The topological polar surface area (TPSA) is 67.5 Å². The van der Waals surface area contributed by atoms with Crippen molar-refractivity contribution >= 4 is 28.5 Å². The molecule has 8 heteroatoms. The molecule has 1 fully saturated rings. The lowest BCUT2D eigenvalue weighted by atomic mass is 10.2. The van der Waals surface area contributed by atoms with Crippen molar-refractivity contribution in [3.8, 4) is 0 Å². The van der Waals surface area contributed by atoms with Crippen LogP contribution in [0.3, 0.4) is 0 Å². The maximum atomic E-state index is 12.9. The van der Waals surface area contributed by atoms with E-state index >= 15 is 0 Å². The zero-order valence-electron chi connectivity index (χ0n) is 16.8. The summed E-state index contributed by atoms with van der Waals surface area (Å²) < 4.78 is 2.76. The molecule has 2 heterocycles. The molecule has 3 aromatic rings. The molecule has 2 aromatic carbocycles. The Balaban J connectivity index is 1.72. The molecule has 0 aliphatic carbocycles. The molecule has 1 saturated heterocycles. The van der Waals surface area contributed by atoms with Crippen molar-refractivity contribution in [1.82, 2.24) is 18.9 Å². The van der Waals surface area contributed by atoms with Gasteiger partial charge in [-0.15, -0.1) is 0 Å². The molecule has 0 unspecified atom stereocenters. The predicted octanol–water partition coefficient (Wildman–Crippen LogP) is 1.64. The summed E-state index contributed by atoms with van der Waals surface area (Å²) in [5.41, 5.74) is 0.707. The molecule has 0 spiro atoms. The molecule has 1 amide bonds. The van der Waals surface area contributed by atoms with Crippen LogP contribution in [0.5, 0.6) is 0 Å². The standard InChI is InChI=1S/C22H23ClN4O3/c1-24-10-12-25(13-11-24)20(28)15-27-19-5-3-2-4-18(19)26(21(29)22(27)30)14-16-6-8-17(23)9-7-16/h2-9H,10-15H2,1H3. The Kier molecular flexibility index (Phi) is 5.74. The summed E-state index contributed by atoms with van der Waals surface area (Å²) in [7, 11) is 2.01. The van der Waals surface area contributed by atoms with Crippen LogP contribution in [-0.2, 0) is 17.9 Å². The maximum Gasteiger partial charge on any atom is 0.317 e. The highest BCUT2D eigenvalue weighted by molar-refractivity contribution is 6.30. The second-order valence-electron chi connectivity index (χ2n) is 7.58.